The van der Waals surface area contributed by atoms with Crippen LogP contribution in [-0.4, -0.2) is 37.2 Å². The van der Waals surface area contributed by atoms with Gasteiger partial charge in [-0.1, -0.05) is 194 Å². The van der Waals surface area contributed by atoms with Crippen molar-refractivity contribution in [2.75, 3.05) is 13.2 Å². The first-order valence-electron chi connectivity index (χ1n) is 26.5. The summed E-state index contributed by atoms with van der Waals surface area (Å²) in [6.07, 6.45) is 73.3. The summed E-state index contributed by atoms with van der Waals surface area (Å²) in [6, 6.07) is 0. The molecule has 372 valence electrons. The first-order valence-corrected chi connectivity index (χ1v) is 26.5. The van der Waals surface area contributed by atoms with Crippen LogP contribution >= 0.6 is 0 Å². The molecule has 66 heavy (non-hydrogen) atoms. The number of carbonyl (C=O) groups is 3. The maximum Gasteiger partial charge on any atom is 0.306 e. The standard InChI is InChI=1S/C60H96O6/c1-4-7-10-13-16-19-22-25-26-27-28-29-30-31-32-33-34-36-38-41-44-47-50-53-59(62)65-56-57(55-64-58(61)52-49-46-43-40-37-24-21-18-15-12-9-6-3)66-60(63)54-51-48-45-42-39-35-23-20-17-14-11-8-5-2/h7-8,10-11,16-21,25-26,28-29,31-32,34-36,39,57H,4-6,9,12-15,22-24,27,30,33,37-38,40-56H2,1-3H3/b10-7-,11-8-,19-16-,20-17-,21-18-,26-25-,29-28-,32-31-,36-34-,39-35-. The van der Waals surface area contributed by atoms with Crippen LogP contribution in [0.1, 0.15) is 220 Å². The Morgan fingerprint density at radius 3 is 0.955 bits per heavy atom. The smallest absolute Gasteiger partial charge is 0.306 e. The van der Waals surface area contributed by atoms with Crippen molar-refractivity contribution in [1.29, 1.82) is 0 Å². The number of ether oxygens (including phenoxy) is 3. The summed E-state index contributed by atoms with van der Waals surface area (Å²) in [7, 11) is 0. The molecule has 0 spiro atoms. The van der Waals surface area contributed by atoms with Crippen molar-refractivity contribution in [3.8, 4) is 0 Å². The average Bonchev–Trinajstić information content (AvgIpc) is 3.31. The van der Waals surface area contributed by atoms with E-state index in [0.29, 0.717) is 12.8 Å². The zero-order valence-corrected chi connectivity index (χ0v) is 42.4. The molecule has 0 heterocycles. The van der Waals surface area contributed by atoms with Gasteiger partial charge in [0.1, 0.15) is 13.2 Å². The van der Waals surface area contributed by atoms with E-state index in [1.54, 1.807) is 0 Å². The van der Waals surface area contributed by atoms with Crippen molar-refractivity contribution in [2.24, 2.45) is 0 Å². The predicted octanol–water partition coefficient (Wildman–Crippen LogP) is 17.7. The van der Waals surface area contributed by atoms with Gasteiger partial charge in [-0.25, -0.2) is 0 Å². The van der Waals surface area contributed by atoms with Gasteiger partial charge in [0, 0.05) is 19.3 Å². The zero-order chi connectivity index (χ0) is 47.9. The Morgan fingerprint density at radius 1 is 0.318 bits per heavy atom. The highest BCUT2D eigenvalue weighted by Gasteiger charge is 2.19. The van der Waals surface area contributed by atoms with Crippen LogP contribution in [0.2, 0.25) is 0 Å². The fourth-order valence-electron chi connectivity index (χ4n) is 6.75. The predicted molar refractivity (Wildman–Crippen MR) is 283 cm³/mol. The molecule has 0 fully saturated rings. The molecule has 0 aromatic carbocycles. The highest BCUT2D eigenvalue weighted by Crippen LogP contribution is 2.12. The van der Waals surface area contributed by atoms with Crippen molar-refractivity contribution >= 4 is 17.9 Å². The minimum atomic E-state index is -0.810. The van der Waals surface area contributed by atoms with Gasteiger partial charge in [0.25, 0.3) is 0 Å². The average molecular weight is 913 g/mol. The van der Waals surface area contributed by atoms with Gasteiger partial charge in [-0.2, -0.15) is 0 Å². The number of allylic oxidation sites excluding steroid dienone is 20. The second-order valence-electron chi connectivity index (χ2n) is 17.0. The minimum Gasteiger partial charge on any atom is -0.462 e. The lowest BCUT2D eigenvalue weighted by molar-refractivity contribution is -0.167. The Bertz CT molecular complexity index is 1420. The molecule has 0 aliphatic rings. The summed E-state index contributed by atoms with van der Waals surface area (Å²) < 4.78 is 16.7. The van der Waals surface area contributed by atoms with Gasteiger partial charge in [-0.3, -0.25) is 14.4 Å². The van der Waals surface area contributed by atoms with Crippen LogP contribution < -0.4 is 0 Å². The van der Waals surface area contributed by atoms with Crippen molar-refractivity contribution in [2.45, 2.75) is 226 Å². The number of unbranched alkanes of at least 4 members (excludes halogenated alkanes) is 15. The van der Waals surface area contributed by atoms with Crippen LogP contribution in [0.15, 0.2) is 122 Å². The van der Waals surface area contributed by atoms with Gasteiger partial charge in [0.2, 0.25) is 0 Å². The summed E-state index contributed by atoms with van der Waals surface area (Å²) in [5, 5.41) is 0. The van der Waals surface area contributed by atoms with E-state index in [0.717, 1.165) is 148 Å². The molecule has 1 atom stereocenters. The van der Waals surface area contributed by atoms with Crippen LogP contribution in [0.25, 0.3) is 0 Å². The van der Waals surface area contributed by atoms with Gasteiger partial charge < -0.3 is 14.2 Å². The van der Waals surface area contributed by atoms with Crippen LogP contribution in [0.4, 0.5) is 0 Å². The number of esters is 3. The van der Waals surface area contributed by atoms with E-state index < -0.39 is 6.10 Å². The summed E-state index contributed by atoms with van der Waals surface area (Å²) >= 11 is 0. The topological polar surface area (TPSA) is 78.9 Å². The molecule has 0 rings (SSSR count). The molecule has 1 unspecified atom stereocenters. The van der Waals surface area contributed by atoms with E-state index in [4.69, 9.17) is 14.2 Å². The molecule has 6 heteroatoms. The molecule has 0 aliphatic carbocycles. The van der Waals surface area contributed by atoms with Crippen molar-refractivity contribution in [3.05, 3.63) is 122 Å². The molecule has 0 bridgehead atoms. The van der Waals surface area contributed by atoms with Crippen LogP contribution in [0.5, 0.6) is 0 Å². The summed E-state index contributed by atoms with van der Waals surface area (Å²) in [6.45, 7) is 6.31. The van der Waals surface area contributed by atoms with E-state index >= 15 is 0 Å². The molecular formula is C60H96O6. The Hall–Kier alpha value is -4.19. The summed E-state index contributed by atoms with van der Waals surface area (Å²) in [4.78, 5) is 38.0. The molecule has 0 N–H and O–H groups in total. The molecule has 0 saturated carbocycles. The minimum absolute atomic E-state index is 0.106. The van der Waals surface area contributed by atoms with Gasteiger partial charge in [-0.05, 0) is 128 Å². The quantitative estimate of drug-likeness (QED) is 0.0262. The molecular weight excluding hydrogens is 817 g/mol. The highest BCUT2D eigenvalue weighted by atomic mass is 16.6. The first-order chi connectivity index (χ1) is 32.5. The largest absolute Gasteiger partial charge is 0.462 e. The maximum atomic E-state index is 12.8. The molecule has 0 aromatic rings. The lowest BCUT2D eigenvalue weighted by atomic mass is 10.1. The third-order valence-corrected chi connectivity index (χ3v) is 10.7. The molecule has 0 amide bonds. The van der Waals surface area contributed by atoms with Gasteiger partial charge in [-0.15, -0.1) is 0 Å². The lowest BCUT2D eigenvalue weighted by Gasteiger charge is -2.18. The Labute approximate surface area is 405 Å². The number of rotatable bonds is 46. The van der Waals surface area contributed by atoms with Gasteiger partial charge >= 0.3 is 17.9 Å². The number of carbonyl (C=O) groups excluding carboxylic acids is 3. The number of hydrogen-bond acceptors (Lipinski definition) is 6. The Balaban J connectivity index is 4.44. The monoisotopic (exact) mass is 913 g/mol. The molecule has 0 saturated heterocycles. The lowest BCUT2D eigenvalue weighted by Crippen LogP contribution is -2.30. The normalized spacial score (nSPS) is 13.1. The summed E-state index contributed by atoms with van der Waals surface area (Å²) in [5.74, 6) is -0.978. The second kappa shape index (κ2) is 53.4. The molecule has 0 aliphatic heterocycles. The van der Waals surface area contributed by atoms with E-state index in [9.17, 15) is 14.4 Å². The Morgan fingerprint density at radius 2 is 0.591 bits per heavy atom. The third kappa shape index (κ3) is 50.8. The van der Waals surface area contributed by atoms with Gasteiger partial charge in [0.15, 0.2) is 6.10 Å². The van der Waals surface area contributed by atoms with Crippen LogP contribution in [-0.2, 0) is 28.6 Å². The summed E-state index contributed by atoms with van der Waals surface area (Å²) in [5.41, 5.74) is 0. The Kier molecular flexibility index (Phi) is 50.0. The third-order valence-electron chi connectivity index (χ3n) is 10.7. The van der Waals surface area contributed by atoms with E-state index in [1.807, 2.05) is 0 Å². The zero-order valence-electron chi connectivity index (χ0n) is 42.4. The SMILES string of the molecule is CC/C=C\C/C=C\C/C=C\C/C=C\C/C=C\C/C=C\CCCCCCC(=O)OCC(COC(=O)CCCCCCC/C=C\CCCCC)OC(=O)CCCCC/C=C\C/C=C\C/C=C\CC. The van der Waals surface area contributed by atoms with Crippen molar-refractivity contribution < 1.29 is 28.6 Å². The van der Waals surface area contributed by atoms with E-state index in [1.165, 1.54) is 32.1 Å². The fourth-order valence-corrected chi connectivity index (χ4v) is 6.75. The van der Waals surface area contributed by atoms with Crippen molar-refractivity contribution in [3.63, 3.8) is 0 Å². The van der Waals surface area contributed by atoms with Crippen LogP contribution in [0.3, 0.4) is 0 Å². The fraction of sp³-hybridized carbons (Fsp3) is 0.617. The van der Waals surface area contributed by atoms with Crippen molar-refractivity contribution in [1.82, 2.24) is 0 Å². The molecule has 6 nitrogen and oxygen atoms in total. The van der Waals surface area contributed by atoms with E-state index in [2.05, 4.69) is 142 Å². The van der Waals surface area contributed by atoms with E-state index in [-0.39, 0.29) is 37.5 Å². The molecule has 0 radical (unpaired) electrons. The maximum absolute atomic E-state index is 12.8. The van der Waals surface area contributed by atoms with Gasteiger partial charge in [0.05, 0.1) is 0 Å². The number of hydrogen-bond donors (Lipinski definition) is 0. The second-order valence-corrected chi connectivity index (χ2v) is 17.0. The van der Waals surface area contributed by atoms with Crippen LogP contribution in [0, 0.1) is 0 Å². The molecule has 0 aromatic heterocycles. The first kappa shape index (κ1) is 61.8. The highest BCUT2D eigenvalue weighted by molar-refractivity contribution is 5.71.